The van der Waals surface area contributed by atoms with Crippen LogP contribution in [0.3, 0.4) is 0 Å². The van der Waals surface area contributed by atoms with E-state index in [1.54, 1.807) is 13.8 Å². The first-order valence-electron chi connectivity index (χ1n) is 5.86. The van der Waals surface area contributed by atoms with E-state index in [0.717, 1.165) is 12.1 Å². The molecule has 2 N–H and O–H groups in total. The molecular weight excluding hydrogens is 256 g/mol. The molecule has 1 rings (SSSR count). The number of methoxy groups -OCH3 is 1. The van der Waals surface area contributed by atoms with Crippen LogP contribution in [0.5, 0.6) is 5.75 Å². The van der Waals surface area contributed by atoms with Crippen LogP contribution in [-0.2, 0) is 4.79 Å². The molecule has 4 nitrogen and oxygen atoms in total. The van der Waals surface area contributed by atoms with E-state index in [9.17, 15) is 18.7 Å². The van der Waals surface area contributed by atoms with Crippen molar-refractivity contribution in [1.29, 1.82) is 0 Å². The van der Waals surface area contributed by atoms with E-state index < -0.39 is 23.6 Å². The molecule has 0 aliphatic carbocycles. The molecule has 0 bridgehead atoms. The van der Waals surface area contributed by atoms with Crippen LogP contribution in [0.1, 0.15) is 20.3 Å². The molecule has 1 aromatic carbocycles. The van der Waals surface area contributed by atoms with Crippen LogP contribution in [0.2, 0.25) is 0 Å². The minimum absolute atomic E-state index is 0.0943. The van der Waals surface area contributed by atoms with Crippen molar-refractivity contribution in [1.82, 2.24) is 0 Å². The monoisotopic (exact) mass is 273 g/mol. The van der Waals surface area contributed by atoms with Crippen LogP contribution in [0.15, 0.2) is 12.1 Å². The lowest BCUT2D eigenvalue weighted by Crippen LogP contribution is -2.24. The second-order valence-corrected chi connectivity index (χ2v) is 4.53. The van der Waals surface area contributed by atoms with Crippen molar-refractivity contribution < 1.29 is 23.4 Å². The molecule has 106 valence electrons. The summed E-state index contributed by atoms with van der Waals surface area (Å²) in [5.41, 5.74) is -0.278. The summed E-state index contributed by atoms with van der Waals surface area (Å²) >= 11 is 0. The SMILES string of the molecule is COc1cc(F)c(NC(=O)CC(O)C(C)C)cc1F. The zero-order valence-electron chi connectivity index (χ0n) is 11.0. The second-order valence-electron chi connectivity index (χ2n) is 4.53. The standard InChI is InChI=1S/C13H17F2NO3/c1-7(2)11(17)6-13(18)16-10-4-9(15)12(19-3)5-8(10)14/h4-5,7,11,17H,6H2,1-3H3,(H,16,18). The number of hydrogen-bond donors (Lipinski definition) is 2. The van der Waals surface area contributed by atoms with Crippen LogP contribution in [-0.4, -0.2) is 24.2 Å². The van der Waals surface area contributed by atoms with E-state index >= 15 is 0 Å². The predicted molar refractivity (Wildman–Crippen MR) is 67.0 cm³/mol. The molecule has 0 spiro atoms. The van der Waals surface area contributed by atoms with Crippen molar-refractivity contribution in [3.63, 3.8) is 0 Å². The Hall–Kier alpha value is -1.69. The second kappa shape index (κ2) is 6.47. The number of aliphatic hydroxyl groups excluding tert-OH is 1. The number of anilines is 1. The van der Waals surface area contributed by atoms with Gasteiger partial charge in [-0.3, -0.25) is 4.79 Å². The number of carbonyl (C=O) groups excluding carboxylic acids is 1. The van der Waals surface area contributed by atoms with Crippen LogP contribution in [0.25, 0.3) is 0 Å². The molecule has 0 fully saturated rings. The molecule has 1 unspecified atom stereocenters. The Kier molecular flexibility index (Phi) is 5.23. The Morgan fingerprint density at radius 1 is 1.37 bits per heavy atom. The van der Waals surface area contributed by atoms with Crippen molar-refractivity contribution in [3.8, 4) is 5.75 Å². The molecule has 0 aromatic heterocycles. The highest BCUT2D eigenvalue weighted by Gasteiger charge is 2.17. The summed E-state index contributed by atoms with van der Waals surface area (Å²) in [5.74, 6) is -2.49. The van der Waals surface area contributed by atoms with Gasteiger partial charge in [0.05, 0.1) is 25.3 Å². The first-order valence-corrected chi connectivity index (χ1v) is 5.86. The number of nitrogens with one attached hydrogen (secondary N) is 1. The van der Waals surface area contributed by atoms with E-state index in [1.165, 1.54) is 7.11 Å². The molecule has 0 aliphatic heterocycles. The van der Waals surface area contributed by atoms with Gasteiger partial charge in [-0.25, -0.2) is 8.78 Å². The summed E-state index contributed by atoms with van der Waals surface area (Å²) < 4.78 is 31.5. The number of hydrogen-bond acceptors (Lipinski definition) is 3. The zero-order valence-corrected chi connectivity index (χ0v) is 11.0. The highest BCUT2D eigenvalue weighted by Crippen LogP contribution is 2.24. The molecule has 0 saturated heterocycles. The molecule has 1 atom stereocenters. The first kappa shape index (κ1) is 15.4. The minimum Gasteiger partial charge on any atom is -0.494 e. The summed E-state index contributed by atoms with van der Waals surface area (Å²) in [6, 6.07) is 1.69. The number of ether oxygens (including phenoxy) is 1. The largest absolute Gasteiger partial charge is 0.494 e. The van der Waals surface area contributed by atoms with Gasteiger partial charge in [-0.05, 0) is 5.92 Å². The Balaban J connectivity index is 2.77. The maximum absolute atomic E-state index is 13.5. The highest BCUT2D eigenvalue weighted by atomic mass is 19.1. The van der Waals surface area contributed by atoms with E-state index in [-0.39, 0.29) is 23.8 Å². The van der Waals surface area contributed by atoms with Gasteiger partial charge in [0.1, 0.15) is 0 Å². The highest BCUT2D eigenvalue weighted by molar-refractivity contribution is 5.91. The lowest BCUT2D eigenvalue weighted by molar-refractivity contribution is -0.118. The van der Waals surface area contributed by atoms with Crippen molar-refractivity contribution in [2.75, 3.05) is 12.4 Å². The Labute approximate surface area is 110 Å². The summed E-state index contributed by atoms with van der Waals surface area (Å²) in [6.45, 7) is 3.51. The number of aliphatic hydroxyl groups is 1. The van der Waals surface area contributed by atoms with Gasteiger partial charge in [0, 0.05) is 12.1 Å². The third-order valence-electron chi connectivity index (χ3n) is 2.68. The number of benzene rings is 1. The van der Waals surface area contributed by atoms with Gasteiger partial charge < -0.3 is 15.2 Å². The van der Waals surface area contributed by atoms with Crippen LogP contribution >= 0.6 is 0 Å². The fourth-order valence-electron chi connectivity index (χ4n) is 1.41. The summed E-state index contributed by atoms with van der Waals surface area (Å²) in [6.07, 6.45) is -1.00. The molecular formula is C13H17F2NO3. The summed E-state index contributed by atoms with van der Waals surface area (Å²) in [5, 5.41) is 11.8. The number of amides is 1. The predicted octanol–water partition coefficient (Wildman–Crippen LogP) is 2.32. The van der Waals surface area contributed by atoms with Gasteiger partial charge in [-0.1, -0.05) is 13.8 Å². The van der Waals surface area contributed by atoms with Gasteiger partial charge in [0.25, 0.3) is 0 Å². The van der Waals surface area contributed by atoms with Gasteiger partial charge in [-0.2, -0.15) is 0 Å². The fraction of sp³-hybridized carbons (Fsp3) is 0.462. The Morgan fingerprint density at radius 3 is 2.53 bits per heavy atom. The molecule has 0 aliphatic rings. The quantitative estimate of drug-likeness (QED) is 0.865. The van der Waals surface area contributed by atoms with Crippen molar-refractivity contribution >= 4 is 11.6 Å². The molecule has 1 amide bonds. The van der Waals surface area contributed by atoms with Crippen molar-refractivity contribution in [3.05, 3.63) is 23.8 Å². The summed E-state index contributed by atoms with van der Waals surface area (Å²) in [4.78, 5) is 11.6. The number of carbonyl (C=O) groups is 1. The smallest absolute Gasteiger partial charge is 0.227 e. The normalized spacial score (nSPS) is 12.4. The maximum atomic E-state index is 13.5. The zero-order chi connectivity index (χ0) is 14.6. The number of rotatable bonds is 5. The average Bonchev–Trinajstić information content (AvgIpc) is 2.33. The van der Waals surface area contributed by atoms with E-state index in [4.69, 9.17) is 0 Å². The molecule has 1 aromatic rings. The molecule has 19 heavy (non-hydrogen) atoms. The first-order chi connectivity index (χ1) is 8.85. The Bertz CT molecular complexity index is 463. The van der Waals surface area contributed by atoms with Gasteiger partial charge in [-0.15, -0.1) is 0 Å². The Morgan fingerprint density at radius 2 is 2.00 bits per heavy atom. The van der Waals surface area contributed by atoms with Crippen LogP contribution in [0, 0.1) is 17.6 Å². The topological polar surface area (TPSA) is 58.6 Å². The van der Waals surface area contributed by atoms with Crippen molar-refractivity contribution in [2.45, 2.75) is 26.4 Å². The molecule has 0 heterocycles. The molecule has 0 saturated carbocycles. The van der Waals surface area contributed by atoms with E-state index in [2.05, 4.69) is 10.1 Å². The average molecular weight is 273 g/mol. The lowest BCUT2D eigenvalue weighted by atomic mass is 10.0. The van der Waals surface area contributed by atoms with E-state index in [0.29, 0.717) is 0 Å². The molecule has 6 heteroatoms. The van der Waals surface area contributed by atoms with Gasteiger partial charge >= 0.3 is 0 Å². The van der Waals surface area contributed by atoms with Gasteiger partial charge in [0.15, 0.2) is 17.4 Å². The minimum atomic E-state index is -0.828. The number of halogens is 2. The van der Waals surface area contributed by atoms with Crippen LogP contribution < -0.4 is 10.1 Å². The fourth-order valence-corrected chi connectivity index (χ4v) is 1.41. The van der Waals surface area contributed by atoms with E-state index in [1.807, 2.05) is 0 Å². The van der Waals surface area contributed by atoms with Crippen LogP contribution in [0.4, 0.5) is 14.5 Å². The summed E-state index contributed by atoms with van der Waals surface area (Å²) in [7, 11) is 1.22. The lowest BCUT2D eigenvalue weighted by Gasteiger charge is -2.14. The third kappa shape index (κ3) is 4.17. The third-order valence-corrected chi connectivity index (χ3v) is 2.68. The van der Waals surface area contributed by atoms with Crippen molar-refractivity contribution in [2.24, 2.45) is 5.92 Å². The maximum Gasteiger partial charge on any atom is 0.227 e. The van der Waals surface area contributed by atoms with Gasteiger partial charge in [0.2, 0.25) is 5.91 Å². The molecule has 0 radical (unpaired) electrons.